The Morgan fingerprint density at radius 1 is 1.50 bits per heavy atom. The molecule has 1 N–H and O–H groups in total. The molecule has 0 heterocycles. The van der Waals surface area contributed by atoms with E-state index in [-0.39, 0.29) is 0 Å². The van der Waals surface area contributed by atoms with Crippen LogP contribution in [0.3, 0.4) is 0 Å². The molecule has 1 rings (SSSR count). The molecule has 0 bridgehead atoms. The van der Waals surface area contributed by atoms with Gasteiger partial charge in [-0.25, -0.2) is 4.57 Å². The lowest BCUT2D eigenvalue weighted by Crippen LogP contribution is -1.94. The summed E-state index contributed by atoms with van der Waals surface area (Å²) in [6.07, 6.45) is -0.666. The van der Waals surface area contributed by atoms with E-state index >= 15 is 0 Å². The molecule has 5 heteroatoms. The van der Waals surface area contributed by atoms with Gasteiger partial charge in [-0.2, -0.15) is 0 Å². The second-order valence-electron chi connectivity index (χ2n) is 3.76. The standard InChI is InChI=1S/C11H16BrO3P/c1-3-4-5-10-8-9(2)6-7-11(10)15-16(12,13)14/h6-8H,3-5H2,1-2H3,(H,13,14). The number of aryl methyl sites for hydroxylation is 2. The third-order valence-electron chi connectivity index (χ3n) is 2.23. The number of hydrogen-bond donors (Lipinski definition) is 1. The second-order valence-corrected chi connectivity index (χ2v) is 7.53. The number of hydrogen-bond acceptors (Lipinski definition) is 2. The predicted octanol–water partition coefficient (Wildman–Crippen LogP) is 4.21. The molecule has 0 radical (unpaired) electrons. The quantitative estimate of drug-likeness (QED) is 0.829. The molecule has 1 aromatic carbocycles. The fourth-order valence-electron chi connectivity index (χ4n) is 1.48. The molecule has 0 aliphatic rings. The van der Waals surface area contributed by atoms with Crippen LogP contribution in [0.2, 0.25) is 0 Å². The zero-order valence-corrected chi connectivity index (χ0v) is 11.9. The van der Waals surface area contributed by atoms with Crippen molar-refractivity contribution in [3.63, 3.8) is 0 Å². The minimum absolute atomic E-state index is 0.488. The van der Waals surface area contributed by atoms with E-state index in [1.54, 1.807) is 6.07 Å². The molecular formula is C11H16BrO3P. The van der Waals surface area contributed by atoms with E-state index in [0.29, 0.717) is 5.75 Å². The van der Waals surface area contributed by atoms with Gasteiger partial charge in [0.25, 0.3) is 0 Å². The summed E-state index contributed by atoms with van der Waals surface area (Å²) in [7, 11) is 0. The first kappa shape index (κ1) is 13.8. The lowest BCUT2D eigenvalue weighted by Gasteiger charge is -2.12. The summed E-state index contributed by atoms with van der Waals surface area (Å²) < 4.78 is 16.2. The first-order chi connectivity index (χ1) is 7.42. The normalized spacial score (nSPS) is 14.5. The van der Waals surface area contributed by atoms with E-state index in [2.05, 4.69) is 22.4 Å². The molecule has 90 valence electrons. The van der Waals surface area contributed by atoms with Crippen LogP contribution in [0.1, 0.15) is 30.9 Å². The Kier molecular flexibility index (Phi) is 5.03. The highest BCUT2D eigenvalue weighted by molar-refractivity contribution is 9.39. The van der Waals surface area contributed by atoms with E-state index in [0.717, 1.165) is 30.4 Å². The second kappa shape index (κ2) is 5.85. The highest BCUT2D eigenvalue weighted by Crippen LogP contribution is 2.51. The summed E-state index contributed by atoms with van der Waals surface area (Å²) in [4.78, 5) is 9.14. The zero-order valence-electron chi connectivity index (χ0n) is 9.44. The zero-order chi connectivity index (χ0) is 12.2. The Labute approximate surface area is 104 Å². The van der Waals surface area contributed by atoms with Gasteiger partial charge in [0.2, 0.25) is 0 Å². The van der Waals surface area contributed by atoms with Crippen LogP contribution in [0.15, 0.2) is 18.2 Å². The van der Waals surface area contributed by atoms with Gasteiger partial charge in [-0.15, -0.1) is 0 Å². The monoisotopic (exact) mass is 306 g/mol. The number of unbranched alkanes of at least 4 members (excludes halogenated alkanes) is 1. The Morgan fingerprint density at radius 3 is 2.75 bits per heavy atom. The summed E-state index contributed by atoms with van der Waals surface area (Å²) in [6, 6.07) is 5.60. The molecule has 0 fully saturated rings. The minimum atomic E-state index is -3.65. The molecular weight excluding hydrogens is 291 g/mol. The smallest absolute Gasteiger partial charge is 0.417 e. The molecule has 0 aromatic heterocycles. The van der Waals surface area contributed by atoms with Crippen LogP contribution < -0.4 is 4.52 Å². The summed E-state index contributed by atoms with van der Waals surface area (Å²) in [6.45, 7) is 4.10. The maximum Gasteiger partial charge on any atom is 0.444 e. The van der Waals surface area contributed by atoms with Gasteiger partial charge in [0, 0.05) is 0 Å². The fraction of sp³-hybridized carbons (Fsp3) is 0.455. The Hall–Kier alpha value is -0.310. The Bertz CT molecular complexity index is 400. The maximum absolute atomic E-state index is 11.1. The van der Waals surface area contributed by atoms with E-state index in [4.69, 9.17) is 9.42 Å². The average molecular weight is 307 g/mol. The van der Waals surface area contributed by atoms with Gasteiger partial charge in [0.15, 0.2) is 0 Å². The highest BCUT2D eigenvalue weighted by Gasteiger charge is 2.17. The molecule has 0 amide bonds. The molecule has 0 aliphatic heterocycles. The van der Waals surface area contributed by atoms with Crippen LogP contribution >= 0.6 is 21.8 Å². The summed E-state index contributed by atoms with van der Waals surface area (Å²) in [5.74, 6) is 0.488. The van der Waals surface area contributed by atoms with Gasteiger partial charge in [-0.1, -0.05) is 31.0 Å². The lowest BCUT2D eigenvalue weighted by atomic mass is 10.1. The molecule has 0 spiro atoms. The third-order valence-corrected chi connectivity index (χ3v) is 3.08. The van der Waals surface area contributed by atoms with E-state index in [1.807, 2.05) is 19.1 Å². The van der Waals surface area contributed by atoms with Crippen molar-refractivity contribution in [2.45, 2.75) is 33.1 Å². The van der Waals surface area contributed by atoms with Crippen molar-refractivity contribution in [3.8, 4) is 5.75 Å². The minimum Gasteiger partial charge on any atom is -0.417 e. The highest BCUT2D eigenvalue weighted by atomic mass is 79.9. The average Bonchev–Trinajstić information content (AvgIpc) is 2.16. The molecule has 0 aliphatic carbocycles. The van der Waals surface area contributed by atoms with Gasteiger partial charge in [-0.05, 0) is 31.4 Å². The largest absolute Gasteiger partial charge is 0.444 e. The van der Waals surface area contributed by atoms with Gasteiger partial charge in [0.05, 0.1) is 15.5 Å². The van der Waals surface area contributed by atoms with Crippen molar-refractivity contribution in [2.75, 3.05) is 0 Å². The van der Waals surface area contributed by atoms with Crippen molar-refractivity contribution in [2.24, 2.45) is 0 Å². The molecule has 0 saturated carbocycles. The van der Waals surface area contributed by atoms with Crippen LogP contribution in [-0.4, -0.2) is 4.89 Å². The van der Waals surface area contributed by atoms with E-state index < -0.39 is 6.30 Å². The Balaban J connectivity index is 2.93. The fourth-order valence-corrected chi connectivity index (χ4v) is 2.37. The van der Waals surface area contributed by atoms with Crippen LogP contribution in [0.25, 0.3) is 0 Å². The van der Waals surface area contributed by atoms with Crippen LogP contribution in [0.5, 0.6) is 5.75 Å². The van der Waals surface area contributed by atoms with Gasteiger partial charge < -0.3 is 9.42 Å². The van der Waals surface area contributed by atoms with Crippen molar-refractivity contribution in [3.05, 3.63) is 29.3 Å². The van der Waals surface area contributed by atoms with Crippen molar-refractivity contribution >= 4 is 21.8 Å². The molecule has 1 unspecified atom stereocenters. The van der Waals surface area contributed by atoms with Crippen LogP contribution in [0.4, 0.5) is 0 Å². The van der Waals surface area contributed by atoms with Crippen LogP contribution in [0, 0.1) is 6.92 Å². The first-order valence-electron chi connectivity index (χ1n) is 5.24. The van der Waals surface area contributed by atoms with E-state index in [9.17, 15) is 4.57 Å². The molecule has 16 heavy (non-hydrogen) atoms. The van der Waals surface area contributed by atoms with Crippen molar-refractivity contribution in [1.82, 2.24) is 0 Å². The van der Waals surface area contributed by atoms with Crippen molar-refractivity contribution in [1.29, 1.82) is 0 Å². The molecule has 3 nitrogen and oxygen atoms in total. The molecule has 1 atom stereocenters. The third kappa shape index (κ3) is 4.69. The number of rotatable bonds is 5. The van der Waals surface area contributed by atoms with E-state index in [1.165, 1.54) is 0 Å². The predicted molar refractivity (Wildman–Crippen MR) is 69.2 cm³/mol. The summed E-state index contributed by atoms with van der Waals surface area (Å²) >= 11 is 2.63. The summed E-state index contributed by atoms with van der Waals surface area (Å²) in [5, 5.41) is 0. The SMILES string of the molecule is CCCCc1cc(C)ccc1OP(=O)(O)Br. The van der Waals surface area contributed by atoms with Gasteiger partial charge in [-0.3, -0.25) is 0 Å². The Morgan fingerprint density at radius 2 is 2.19 bits per heavy atom. The lowest BCUT2D eigenvalue weighted by molar-refractivity contribution is 0.402. The topological polar surface area (TPSA) is 46.5 Å². The first-order valence-corrected chi connectivity index (χ1v) is 8.83. The maximum atomic E-state index is 11.1. The van der Waals surface area contributed by atoms with Gasteiger partial charge >= 0.3 is 6.30 Å². The molecule has 0 saturated heterocycles. The molecule has 1 aromatic rings. The van der Waals surface area contributed by atoms with Crippen LogP contribution in [-0.2, 0) is 11.0 Å². The number of halogens is 1. The summed E-state index contributed by atoms with van der Waals surface area (Å²) in [5.41, 5.74) is 2.11. The van der Waals surface area contributed by atoms with Crippen molar-refractivity contribution < 1.29 is 14.0 Å². The van der Waals surface area contributed by atoms with Gasteiger partial charge in [0.1, 0.15) is 5.75 Å². The number of benzene rings is 1.